The quantitative estimate of drug-likeness (QED) is 0.322. The summed E-state index contributed by atoms with van der Waals surface area (Å²) in [4.78, 5) is 29.2. The molecule has 30 heavy (non-hydrogen) atoms. The third-order valence-electron chi connectivity index (χ3n) is 5.52. The van der Waals surface area contributed by atoms with E-state index in [0.29, 0.717) is 13.0 Å². The molecular formula is C23H31N3O3S. The molecule has 3 rings (SSSR count). The lowest BCUT2D eigenvalue weighted by Crippen LogP contribution is -2.32. The Hall–Kier alpha value is -2.38. The largest absolute Gasteiger partial charge is 0.372 e. The average Bonchev–Trinajstić information content (AvgIpc) is 3.34. The third-order valence-corrected chi connectivity index (χ3v) is 6.38. The van der Waals surface area contributed by atoms with Crippen molar-refractivity contribution in [1.82, 2.24) is 5.48 Å². The number of nitrogens with one attached hydrogen (secondary N) is 1. The van der Waals surface area contributed by atoms with Crippen LogP contribution < -0.4 is 15.3 Å². The fourth-order valence-electron chi connectivity index (χ4n) is 3.84. The molecule has 2 aromatic rings. The molecule has 0 radical (unpaired) electrons. The molecule has 0 saturated carbocycles. The van der Waals surface area contributed by atoms with Crippen LogP contribution in [0.5, 0.6) is 0 Å². The summed E-state index contributed by atoms with van der Waals surface area (Å²) in [6.45, 7) is 2.85. The first kappa shape index (κ1) is 22.3. The Labute approximate surface area is 182 Å². The van der Waals surface area contributed by atoms with Crippen LogP contribution in [-0.2, 0) is 4.79 Å². The first-order valence-electron chi connectivity index (χ1n) is 10.8. The van der Waals surface area contributed by atoms with Crippen LogP contribution in [0, 0.1) is 0 Å². The zero-order valence-corrected chi connectivity index (χ0v) is 18.2. The lowest BCUT2D eigenvalue weighted by Gasteiger charge is -2.29. The molecule has 1 aliphatic rings. The van der Waals surface area contributed by atoms with Gasteiger partial charge in [0.05, 0.1) is 4.88 Å². The van der Waals surface area contributed by atoms with Crippen molar-refractivity contribution in [2.45, 2.75) is 51.4 Å². The Bertz CT molecular complexity index is 787. The summed E-state index contributed by atoms with van der Waals surface area (Å²) in [7, 11) is 0. The predicted octanol–water partition coefficient (Wildman–Crippen LogP) is 4.84. The molecule has 1 aromatic heterocycles. The number of hydrogen-bond acceptors (Lipinski definition) is 5. The van der Waals surface area contributed by atoms with Gasteiger partial charge in [0.25, 0.3) is 5.91 Å². The minimum absolute atomic E-state index is 0.0374. The SMILES string of the molecule is O=C(CCCCCCN(C(=O)c1cccs1)c1ccc(N2CCCCC2)cc1)NO. The van der Waals surface area contributed by atoms with Crippen molar-refractivity contribution in [3.05, 3.63) is 46.7 Å². The zero-order valence-electron chi connectivity index (χ0n) is 17.4. The van der Waals surface area contributed by atoms with Crippen LogP contribution in [0.4, 0.5) is 11.4 Å². The van der Waals surface area contributed by atoms with Gasteiger partial charge < -0.3 is 9.80 Å². The van der Waals surface area contributed by atoms with E-state index < -0.39 is 0 Å². The van der Waals surface area contributed by atoms with Gasteiger partial charge in [-0.05, 0) is 67.8 Å². The molecule has 1 aliphatic heterocycles. The molecule has 2 heterocycles. The van der Waals surface area contributed by atoms with E-state index >= 15 is 0 Å². The van der Waals surface area contributed by atoms with Gasteiger partial charge >= 0.3 is 0 Å². The normalized spacial score (nSPS) is 13.8. The Balaban J connectivity index is 1.61. The Morgan fingerprint density at radius 2 is 1.73 bits per heavy atom. The lowest BCUT2D eigenvalue weighted by atomic mass is 10.1. The van der Waals surface area contributed by atoms with Gasteiger partial charge in [0, 0.05) is 37.4 Å². The van der Waals surface area contributed by atoms with E-state index in [4.69, 9.17) is 5.21 Å². The van der Waals surface area contributed by atoms with Crippen molar-refractivity contribution in [3.63, 3.8) is 0 Å². The average molecular weight is 430 g/mol. The number of nitrogens with zero attached hydrogens (tertiary/aromatic N) is 2. The first-order chi connectivity index (χ1) is 14.7. The van der Waals surface area contributed by atoms with Crippen molar-refractivity contribution in [3.8, 4) is 0 Å². The van der Waals surface area contributed by atoms with Gasteiger partial charge in [-0.3, -0.25) is 14.8 Å². The highest BCUT2D eigenvalue weighted by atomic mass is 32.1. The van der Waals surface area contributed by atoms with Gasteiger partial charge in [0.1, 0.15) is 0 Å². The van der Waals surface area contributed by atoms with E-state index in [-0.39, 0.29) is 11.8 Å². The van der Waals surface area contributed by atoms with Crippen molar-refractivity contribution in [2.75, 3.05) is 29.4 Å². The summed E-state index contributed by atoms with van der Waals surface area (Å²) >= 11 is 1.47. The summed E-state index contributed by atoms with van der Waals surface area (Å²) in [6.07, 6.45) is 7.53. The van der Waals surface area contributed by atoms with Crippen molar-refractivity contribution in [2.24, 2.45) is 0 Å². The number of carbonyl (C=O) groups is 2. The second kappa shape index (κ2) is 11.7. The van der Waals surface area contributed by atoms with Crippen LogP contribution in [-0.4, -0.2) is 36.7 Å². The maximum atomic E-state index is 13.1. The Kier molecular flexibility index (Phi) is 8.71. The molecule has 1 fully saturated rings. The highest BCUT2D eigenvalue weighted by Crippen LogP contribution is 2.26. The number of benzene rings is 1. The molecule has 0 unspecified atom stereocenters. The molecule has 0 bridgehead atoms. The number of unbranched alkanes of at least 4 members (excludes halogenated alkanes) is 3. The van der Waals surface area contributed by atoms with Crippen molar-refractivity contribution < 1.29 is 14.8 Å². The Morgan fingerprint density at radius 3 is 2.40 bits per heavy atom. The number of anilines is 2. The minimum atomic E-state index is -0.349. The Morgan fingerprint density at radius 1 is 1.00 bits per heavy atom. The maximum absolute atomic E-state index is 13.1. The fraction of sp³-hybridized carbons (Fsp3) is 0.478. The van der Waals surface area contributed by atoms with Gasteiger partial charge in [-0.2, -0.15) is 0 Å². The third kappa shape index (κ3) is 6.31. The predicted molar refractivity (Wildman–Crippen MR) is 122 cm³/mol. The van der Waals surface area contributed by atoms with E-state index in [1.807, 2.05) is 22.4 Å². The summed E-state index contributed by atoms with van der Waals surface area (Å²) in [5.74, 6) is -0.311. The van der Waals surface area contributed by atoms with Gasteiger partial charge in [-0.1, -0.05) is 18.9 Å². The summed E-state index contributed by atoms with van der Waals surface area (Å²) in [6, 6.07) is 12.1. The van der Waals surface area contributed by atoms with Crippen LogP contribution in [0.3, 0.4) is 0 Å². The topological polar surface area (TPSA) is 72.9 Å². The summed E-state index contributed by atoms with van der Waals surface area (Å²) < 4.78 is 0. The smallest absolute Gasteiger partial charge is 0.268 e. The van der Waals surface area contributed by atoms with Crippen molar-refractivity contribution >= 4 is 34.5 Å². The standard InChI is InChI=1S/C23H31N3O3S/c27-22(24-29)10-4-1-2-7-17-26(23(28)21-9-8-18-30-21)20-13-11-19(12-14-20)25-15-5-3-6-16-25/h8-9,11-14,18,29H,1-7,10,15-17H2,(H,24,27). The van der Waals surface area contributed by atoms with E-state index in [1.54, 1.807) is 5.48 Å². The van der Waals surface area contributed by atoms with Crippen LogP contribution in [0.15, 0.2) is 41.8 Å². The number of carbonyl (C=O) groups excluding carboxylic acids is 2. The second-order valence-electron chi connectivity index (χ2n) is 7.70. The molecular weight excluding hydrogens is 398 g/mol. The van der Waals surface area contributed by atoms with Crippen LogP contribution in [0.25, 0.3) is 0 Å². The van der Waals surface area contributed by atoms with E-state index in [2.05, 4.69) is 29.2 Å². The summed E-state index contributed by atoms with van der Waals surface area (Å²) in [5.41, 5.74) is 3.81. The van der Waals surface area contributed by atoms with E-state index in [1.165, 1.54) is 36.3 Å². The molecule has 7 heteroatoms. The number of amides is 2. The van der Waals surface area contributed by atoms with E-state index in [0.717, 1.165) is 49.3 Å². The second-order valence-corrected chi connectivity index (χ2v) is 8.65. The molecule has 0 aliphatic carbocycles. The zero-order chi connectivity index (χ0) is 21.2. The molecule has 0 atom stereocenters. The molecule has 162 valence electrons. The van der Waals surface area contributed by atoms with Gasteiger partial charge in [-0.15, -0.1) is 11.3 Å². The molecule has 1 aromatic carbocycles. The number of thiophene rings is 1. The summed E-state index contributed by atoms with van der Waals surface area (Å²) in [5, 5.41) is 10.5. The van der Waals surface area contributed by atoms with Crippen molar-refractivity contribution in [1.29, 1.82) is 0 Å². The van der Waals surface area contributed by atoms with E-state index in [9.17, 15) is 9.59 Å². The first-order valence-corrected chi connectivity index (χ1v) is 11.7. The van der Waals surface area contributed by atoms with Crippen LogP contribution in [0.1, 0.15) is 61.0 Å². The highest BCUT2D eigenvalue weighted by Gasteiger charge is 2.19. The fourth-order valence-corrected chi connectivity index (χ4v) is 4.51. The number of hydrogen-bond donors (Lipinski definition) is 2. The number of hydroxylamine groups is 1. The van der Waals surface area contributed by atoms with Gasteiger partial charge in [0.2, 0.25) is 5.91 Å². The van der Waals surface area contributed by atoms with Gasteiger partial charge in [-0.25, -0.2) is 5.48 Å². The number of piperidine rings is 1. The molecule has 1 saturated heterocycles. The van der Waals surface area contributed by atoms with Crippen LogP contribution >= 0.6 is 11.3 Å². The maximum Gasteiger partial charge on any atom is 0.268 e. The van der Waals surface area contributed by atoms with Crippen LogP contribution in [0.2, 0.25) is 0 Å². The molecule has 6 nitrogen and oxygen atoms in total. The minimum Gasteiger partial charge on any atom is -0.372 e. The van der Waals surface area contributed by atoms with Gasteiger partial charge in [0.15, 0.2) is 0 Å². The number of rotatable bonds is 10. The molecule has 2 amide bonds. The highest BCUT2D eigenvalue weighted by molar-refractivity contribution is 7.12. The molecule has 0 spiro atoms. The monoisotopic (exact) mass is 429 g/mol. The lowest BCUT2D eigenvalue weighted by molar-refractivity contribution is -0.129. The molecule has 2 N–H and O–H groups in total.